The van der Waals surface area contributed by atoms with E-state index in [1.807, 2.05) is 0 Å². The maximum Gasteiger partial charge on any atom is 0.233 e. The largest absolute Gasteiger partial charge is 0.369 e. The topological polar surface area (TPSA) is 84.2 Å². The summed E-state index contributed by atoms with van der Waals surface area (Å²) >= 11 is 0. The third-order valence-corrected chi connectivity index (χ3v) is 1.97. The lowest BCUT2D eigenvalue weighted by Gasteiger charge is -2.20. The van der Waals surface area contributed by atoms with Crippen LogP contribution in [0.2, 0.25) is 0 Å². The normalized spacial score (nSPS) is 10.8. The molecular weight excluding hydrogens is 194 g/mol. The molecule has 2 amide bonds. The van der Waals surface area contributed by atoms with Crippen molar-refractivity contribution in [1.82, 2.24) is 10.6 Å². The molecule has 0 atom stereocenters. The minimum Gasteiger partial charge on any atom is -0.369 e. The molecule has 0 bridgehead atoms. The summed E-state index contributed by atoms with van der Waals surface area (Å²) in [7, 11) is 0. The zero-order valence-electron chi connectivity index (χ0n) is 9.30. The Bertz CT molecular complexity index is 249. The standard InChI is InChI=1S/C10H19N3O2/c1-4-5-12-6-8(14)13-7-10(2,3)9(11)15/h4,12H,1,5-7H2,2-3H3,(H2,11,15)(H,13,14). The summed E-state index contributed by atoms with van der Waals surface area (Å²) in [5.41, 5.74) is 4.44. The molecule has 0 radical (unpaired) electrons. The molecule has 0 heterocycles. The molecule has 5 nitrogen and oxygen atoms in total. The zero-order valence-corrected chi connectivity index (χ0v) is 9.30. The predicted molar refractivity (Wildman–Crippen MR) is 59.1 cm³/mol. The Morgan fingerprint density at radius 2 is 2.07 bits per heavy atom. The SMILES string of the molecule is C=CCNCC(=O)NCC(C)(C)C(N)=O. The molecule has 0 aromatic carbocycles. The molecule has 15 heavy (non-hydrogen) atoms. The summed E-state index contributed by atoms with van der Waals surface area (Å²) in [6.07, 6.45) is 1.67. The van der Waals surface area contributed by atoms with Crippen LogP contribution in [0.25, 0.3) is 0 Å². The lowest BCUT2D eigenvalue weighted by Crippen LogP contribution is -2.44. The van der Waals surface area contributed by atoms with Crippen molar-refractivity contribution in [2.75, 3.05) is 19.6 Å². The maximum absolute atomic E-state index is 11.2. The Morgan fingerprint density at radius 3 is 2.53 bits per heavy atom. The smallest absolute Gasteiger partial charge is 0.233 e. The first kappa shape index (κ1) is 13.6. The quantitative estimate of drug-likeness (QED) is 0.389. The number of nitrogens with one attached hydrogen (secondary N) is 2. The predicted octanol–water partition coefficient (Wildman–Crippen LogP) is -0.610. The third kappa shape index (κ3) is 5.85. The van der Waals surface area contributed by atoms with Gasteiger partial charge in [0.1, 0.15) is 0 Å². The van der Waals surface area contributed by atoms with Crippen molar-refractivity contribution >= 4 is 11.8 Å². The van der Waals surface area contributed by atoms with Crippen LogP contribution in [0.5, 0.6) is 0 Å². The molecule has 0 aromatic rings. The van der Waals surface area contributed by atoms with Crippen molar-refractivity contribution in [1.29, 1.82) is 0 Å². The average molecular weight is 213 g/mol. The van der Waals surface area contributed by atoms with E-state index in [-0.39, 0.29) is 19.0 Å². The first-order valence-corrected chi connectivity index (χ1v) is 4.78. The summed E-state index contributed by atoms with van der Waals surface area (Å²) < 4.78 is 0. The van der Waals surface area contributed by atoms with E-state index in [1.165, 1.54) is 0 Å². The summed E-state index contributed by atoms with van der Waals surface area (Å²) in [5, 5.41) is 5.48. The third-order valence-electron chi connectivity index (χ3n) is 1.97. The first-order valence-electron chi connectivity index (χ1n) is 4.78. The van der Waals surface area contributed by atoms with E-state index in [9.17, 15) is 9.59 Å². The number of nitrogens with two attached hydrogens (primary N) is 1. The van der Waals surface area contributed by atoms with Crippen LogP contribution in [-0.2, 0) is 9.59 Å². The minimum absolute atomic E-state index is 0.161. The van der Waals surface area contributed by atoms with Gasteiger partial charge < -0.3 is 16.4 Å². The van der Waals surface area contributed by atoms with Crippen LogP contribution in [0.4, 0.5) is 0 Å². The highest BCUT2D eigenvalue weighted by atomic mass is 16.2. The van der Waals surface area contributed by atoms with Crippen molar-refractivity contribution in [3.63, 3.8) is 0 Å². The van der Waals surface area contributed by atoms with Gasteiger partial charge in [-0.1, -0.05) is 6.08 Å². The molecule has 0 aromatic heterocycles. The second kappa shape index (κ2) is 6.19. The van der Waals surface area contributed by atoms with Crippen LogP contribution in [0, 0.1) is 5.41 Å². The van der Waals surface area contributed by atoms with E-state index in [1.54, 1.807) is 19.9 Å². The van der Waals surface area contributed by atoms with Crippen molar-refractivity contribution in [2.24, 2.45) is 11.1 Å². The van der Waals surface area contributed by atoms with Crippen LogP contribution >= 0.6 is 0 Å². The number of hydrogen-bond donors (Lipinski definition) is 3. The van der Waals surface area contributed by atoms with Gasteiger partial charge in [-0.05, 0) is 13.8 Å². The molecular formula is C10H19N3O2. The molecule has 86 valence electrons. The fraction of sp³-hybridized carbons (Fsp3) is 0.600. The van der Waals surface area contributed by atoms with Crippen LogP contribution in [-0.4, -0.2) is 31.4 Å². The molecule has 0 saturated heterocycles. The molecule has 0 aliphatic heterocycles. The van der Waals surface area contributed by atoms with Gasteiger partial charge in [-0.3, -0.25) is 9.59 Å². The number of amides is 2. The lowest BCUT2D eigenvalue weighted by atomic mass is 9.93. The molecule has 5 heteroatoms. The molecule has 0 spiro atoms. The highest BCUT2D eigenvalue weighted by molar-refractivity contribution is 5.82. The van der Waals surface area contributed by atoms with Crippen molar-refractivity contribution < 1.29 is 9.59 Å². The monoisotopic (exact) mass is 213 g/mol. The summed E-state index contributed by atoms with van der Waals surface area (Å²) in [6.45, 7) is 7.92. The Morgan fingerprint density at radius 1 is 1.47 bits per heavy atom. The van der Waals surface area contributed by atoms with Gasteiger partial charge in [0.2, 0.25) is 11.8 Å². The Balaban J connectivity index is 3.80. The summed E-state index contributed by atoms with van der Waals surface area (Å²) in [6, 6.07) is 0. The van der Waals surface area contributed by atoms with Gasteiger partial charge >= 0.3 is 0 Å². The minimum atomic E-state index is -0.714. The molecule has 0 aliphatic rings. The van der Waals surface area contributed by atoms with E-state index in [2.05, 4.69) is 17.2 Å². The fourth-order valence-corrected chi connectivity index (χ4v) is 0.757. The van der Waals surface area contributed by atoms with E-state index >= 15 is 0 Å². The molecule has 0 rings (SSSR count). The van der Waals surface area contributed by atoms with Crippen molar-refractivity contribution in [3.8, 4) is 0 Å². The first-order chi connectivity index (χ1) is 6.90. The van der Waals surface area contributed by atoms with Crippen LogP contribution in [0.1, 0.15) is 13.8 Å². The number of hydrogen-bond acceptors (Lipinski definition) is 3. The van der Waals surface area contributed by atoms with Crippen molar-refractivity contribution in [2.45, 2.75) is 13.8 Å². The summed E-state index contributed by atoms with van der Waals surface area (Å²) in [5.74, 6) is -0.590. The average Bonchev–Trinajstić information content (AvgIpc) is 2.15. The number of carbonyl (C=O) groups is 2. The van der Waals surface area contributed by atoms with E-state index in [0.29, 0.717) is 6.54 Å². The van der Waals surface area contributed by atoms with Crippen LogP contribution < -0.4 is 16.4 Å². The fourth-order valence-electron chi connectivity index (χ4n) is 0.757. The number of carbonyl (C=O) groups excluding carboxylic acids is 2. The molecule has 0 saturated carbocycles. The summed E-state index contributed by atoms with van der Waals surface area (Å²) in [4.78, 5) is 22.2. The highest BCUT2D eigenvalue weighted by Crippen LogP contribution is 2.11. The van der Waals surface area contributed by atoms with E-state index in [4.69, 9.17) is 5.73 Å². The van der Waals surface area contributed by atoms with Gasteiger partial charge in [-0.15, -0.1) is 6.58 Å². The second-order valence-corrected chi connectivity index (χ2v) is 3.94. The van der Waals surface area contributed by atoms with Gasteiger partial charge in [0.05, 0.1) is 12.0 Å². The maximum atomic E-state index is 11.2. The second-order valence-electron chi connectivity index (χ2n) is 3.94. The van der Waals surface area contributed by atoms with Crippen LogP contribution in [0.3, 0.4) is 0 Å². The van der Waals surface area contributed by atoms with Gasteiger partial charge in [0.15, 0.2) is 0 Å². The number of rotatable bonds is 7. The molecule has 4 N–H and O–H groups in total. The van der Waals surface area contributed by atoms with Gasteiger partial charge in [-0.2, -0.15) is 0 Å². The molecule has 0 aliphatic carbocycles. The Labute approximate surface area is 90.1 Å². The van der Waals surface area contributed by atoms with Gasteiger partial charge in [0.25, 0.3) is 0 Å². The Hall–Kier alpha value is -1.36. The highest BCUT2D eigenvalue weighted by Gasteiger charge is 2.25. The number of primary amides is 1. The Kier molecular flexibility index (Phi) is 5.62. The van der Waals surface area contributed by atoms with Gasteiger partial charge in [-0.25, -0.2) is 0 Å². The lowest BCUT2D eigenvalue weighted by molar-refractivity contribution is -0.126. The van der Waals surface area contributed by atoms with Crippen molar-refractivity contribution in [3.05, 3.63) is 12.7 Å². The van der Waals surface area contributed by atoms with Gasteiger partial charge in [0, 0.05) is 13.1 Å². The van der Waals surface area contributed by atoms with E-state index in [0.717, 1.165) is 0 Å². The molecule has 0 fully saturated rings. The van der Waals surface area contributed by atoms with E-state index < -0.39 is 11.3 Å². The van der Waals surface area contributed by atoms with Crippen LogP contribution in [0.15, 0.2) is 12.7 Å². The molecule has 0 unspecified atom stereocenters. The zero-order chi connectivity index (χ0) is 11.9.